The van der Waals surface area contributed by atoms with E-state index in [1.165, 1.54) is 6.08 Å². The van der Waals surface area contributed by atoms with Crippen molar-refractivity contribution in [1.29, 1.82) is 0 Å². The highest BCUT2D eigenvalue weighted by atomic mass is 16.5. The standard InChI is InChI=1S/C19H26O4/c1-4-8-17(16(19(21)22)13-14(2)3)23-18(20)12-11-15-9-6-5-7-10-15/h5-7,9-12,14,16-17H,4,8,13H2,1-3H3,(H,21,22)/b12-11+. The monoisotopic (exact) mass is 318 g/mol. The molecule has 0 bridgehead atoms. The van der Waals surface area contributed by atoms with E-state index < -0.39 is 24.0 Å². The molecule has 126 valence electrons. The van der Waals surface area contributed by atoms with Gasteiger partial charge in [0.25, 0.3) is 0 Å². The summed E-state index contributed by atoms with van der Waals surface area (Å²) in [4.78, 5) is 23.5. The van der Waals surface area contributed by atoms with E-state index in [1.54, 1.807) is 6.08 Å². The second-order valence-corrected chi connectivity index (χ2v) is 6.08. The van der Waals surface area contributed by atoms with Gasteiger partial charge < -0.3 is 9.84 Å². The molecular weight excluding hydrogens is 292 g/mol. The lowest BCUT2D eigenvalue weighted by atomic mass is 9.90. The summed E-state index contributed by atoms with van der Waals surface area (Å²) in [6.45, 7) is 5.89. The van der Waals surface area contributed by atoms with E-state index >= 15 is 0 Å². The van der Waals surface area contributed by atoms with Gasteiger partial charge in [0.2, 0.25) is 0 Å². The molecule has 4 nitrogen and oxygen atoms in total. The van der Waals surface area contributed by atoms with Crippen LogP contribution in [0.5, 0.6) is 0 Å². The first-order valence-electron chi connectivity index (χ1n) is 8.10. The predicted octanol–water partition coefficient (Wildman–Crippen LogP) is 4.16. The molecule has 0 heterocycles. The van der Waals surface area contributed by atoms with Crippen molar-refractivity contribution in [3.05, 3.63) is 42.0 Å². The van der Waals surface area contributed by atoms with Crippen LogP contribution >= 0.6 is 0 Å². The number of carboxylic acid groups (broad SMARTS) is 1. The van der Waals surface area contributed by atoms with E-state index in [-0.39, 0.29) is 5.92 Å². The number of benzene rings is 1. The number of carbonyl (C=O) groups is 2. The van der Waals surface area contributed by atoms with Crippen LogP contribution in [0.15, 0.2) is 36.4 Å². The van der Waals surface area contributed by atoms with Gasteiger partial charge in [0.1, 0.15) is 6.10 Å². The second kappa shape index (κ2) is 9.82. The second-order valence-electron chi connectivity index (χ2n) is 6.08. The maximum Gasteiger partial charge on any atom is 0.331 e. The number of hydrogen-bond donors (Lipinski definition) is 1. The highest BCUT2D eigenvalue weighted by molar-refractivity contribution is 5.87. The van der Waals surface area contributed by atoms with Gasteiger partial charge in [0.15, 0.2) is 0 Å². The number of carboxylic acids is 1. The lowest BCUT2D eigenvalue weighted by Crippen LogP contribution is -2.33. The number of ether oxygens (including phenoxy) is 1. The van der Waals surface area contributed by atoms with Crippen molar-refractivity contribution in [3.63, 3.8) is 0 Å². The molecule has 0 aliphatic heterocycles. The zero-order valence-electron chi connectivity index (χ0n) is 14.1. The summed E-state index contributed by atoms with van der Waals surface area (Å²) in [6.07, 6.45) is 4.25. The van der Waals surface area contributed by atoms with Gasteiger partial charge in [0, 0.05) is 6.08 Å². The van der Waals surface area contributed by atoms with Crippen molar-refractivity contribution in [2.75, 3.05) is 0 Å². The Balaban J connectivity index is 2.75. The van der Waals surface area contributed by atoms with Crippen molar-refractivity contribution in [2.45, 2.75) is 46.1 Å². The molecule has 4 heteroatoms. The number of hydrogen-bond acceptors (Lipinski definition) is 3. The molecule has 0 amide bonds. The molecule has 0 aromatic heterocycles. The molecule has 2 atom stereocenters. The fourth-order valence-electron chi connectivity index (χ4n) is 2.46. The molecule has 0 saturated heterocycles. The van der Waals surface area contributed by atoms with Crippen LogP contribution in [0.3, 0.4) is 0 Å². The minimum absolute atomic E-state index is 0.231. The quantitative estimate of drug-likeness (QED) is 0.548. The lowest BCUT2D eigenvalue weighted by Gasteiger charge is -2.24. The van der Waals surface area contributed by atoms with E-state index in [4.69, 9.17) is 4.74 Å². The SMILES string of the molecule is CCCC(OC(=O)/C=C/c1ccccc1)C(CC(C)C)C(=O)O. The van der Waals surface area contributed by atoms with Crippen LogP contribution in [0.2, 0.25) is 0 Å². The van der Waals surface area contributed by atoms with Crippen molar-refractivity contribution in [3.8, 4) is 0 Å². The zero-order valence-corrected chi connectivity index (χ0v) is 14.1. The Morgan fingerprint density at radius 2 is 1.87 bits per heavy atom. The number of esters is 1. The molecule has 1 aromatic rings. The highest BCUT2D eigenvalue weighted by Crippen LogP contribution is 2.22. The van der Waals surface area contributed by atoms with Crippen molar-refractivity contribution in [1.82, 2.24) is 0 Å². The third-order valence-electron chi connectivity index (χ3n) is 3.54. The summed E-state index contributed by atoms with van der Waals surface area (Å²) in [6, 6.07) is 9.43. The third-order valence-corrected chi connectivity index (χ3v) is 3.54. The van der Waals surface area contributed by atoms with E-state index in [2.05, 4.69) is 0 Å². The fourth-order valence-corrected chi connectivity index (χ4v) is 2.46. The fraction of sp³-hybridized carbons (Fsp3) is 0.474. The van der Waals surface area contributed by atoms with Crippen LogP contribution in [0.4, 0.5) is 0 Å². The molecule has 0 fully saturated rings. The Morgan fingerprint density at radius 3 is 2.39 bits per heavy atom. The lowest BCUT2D eigenvalue weighted by molar-refractivity contribution is -0.156. The van der Waals surface area contributed by atoms with Crippen LogP contribution in [-0.4, -0.2) is 23.1 Å². The minimum Gasteiger partial charge on any atom is -0.481 e. The topological polar surface area (TPSA) is 63.6 Å². The Hall–Kier alpha value is -2.10. The molecule has 2 unspecified atom stereocenters. The molecule has 1 rings (SSSR count). The molecular formula is C19H26O4. The van der Waals surface area contributed by atoms with Gasteiger partial charge >= 0.3 is 11.9 Å². The number of aliphatic carboxylic acids is 1. The van der Waals surface area contributed by atoms with E-state index in [0.29, 0.717) is 12.8 Å². The summed E-state index contributed by atoms with van der Waals surface area (Å²) in [5.41, 5.74) is 0.897. The van der Waals surface area contributed by atoms with E-state index in [1.807, 2.05) is 51.1 Å². The summed E-state index contributed by atoms with van der Waals surface area (Å²) in [7, 11) is 0. The van der Waals surface area contributed by atoms with Gasteiger partial charge in [-0.05, 0) is 30.4 Å². The van der Waals surface area contributed by atoms with E-state index in [0.717, 1.165) is 12.0 Å². The first kappa shape index (κ1) is 18.9. The molecule has 23 heavy (non-hydrogen) atoms. The van der Waals surface area contributed by atoms with Gasteiger partial charge in [-0.15, -0.1) is 0 Å². The van der Waals surface area contributed by atoms with Crippen LogP contribution < -0.4 is 0 Å². The third kappa shape index (κ3) is 7.13. The number of carbonyl (C=O) groups excluding carboxylic acids is 1. The van der Waals surface area contributed by atoms with Crippen LogP contribution in [0.25, 0.3) is 6.08 Å². The maximum atomic E-state index is 12.0. The molecule has 1 N–H and O–H groups in total. The summed E-state index contributed by atoms with van der Waals surface area (Å²) >= 11 is 0. The Kier molecular flexibility index (Phi) is 8.09. The smallest absolute Gasteiger partial charge is 0.331 e. The Labute approximate surface area is 138 Å². The van der Waals surface area contributed by atoms with Gasteiger partial charge in [-0.2, -0.15) is 0 Å². The molecule has 0 saturated carbocycles. The predicted molar refractivity (Wildman–Crippen MR) is 90.8 cm³/mol. The highest BCUT2D eigenvalue weighted by Gasteiger charge is 2.30. The maximum absolute atomic E-state index is 12.0. The first-order chi connectivity index (χ1) is 10.9. The minimum atomic E-state index is -0.906. The Morgan fingerprint density at radius 1 is 1.22 bits per heavy atom. The molecule has 0 aliphatic rings. The molecule has 0 radical (unpaired) electrons. The average molecular weight is 318 g/mol. The van der Waals surface area contributed by atoms with Crippen LogP contribution in [0.1, 0.15) is 45.6 Å². The van der Waals surface area contributed by atoms with Crippen molar-refractivity contribution >= 4 is 18.0 Å². The largest absolute Gasteiger partial charge is 0.481 e. The summed E-state index contributed by atoms with van der Waals surface area (Å²) in [5, 5.41) is 9.43. The Bertz CT molecular complexity index is 519. The average Bonchev–Trinajstić information content (AvgIpc) is 2.51. The van der Waals surface area contributed by atoms with Gasteiger partial charge in [-0.25, -0.2) is 4.79 Å². The molecule has 1 aromatic carbocycles. The van der Waals surface area contributed by atoms with Gasteiger partial charge in [-0.1, -0.05) is 57.5 Å². The van der Waals surface area contributed by atoms with Gasteiger partial charge in [0.05, 0.1) is 5.92 Å². The van der Waals surface area contributed by atoms with Crippen molar-refractivity contribution in [2.24, 2.45) is 11.8 Å². The zero-order chi connectivity index (χ0) is 17.2. The molecule has 0 aliphatic carbocycles. The number of rotatable bonds is 9. The molecule has 0 spiro atoms. The van der Waals surface area contributed by atoms with Crippen molar-refractivity contribution < 1.29 is 19.4 Å². The normalized spacial score (nSPS) is 13.9. The summed E-state index contributed by atoms with van der Waals surface area (Å²) in [5.74, 6) is -1.84. The van der Waals surface area contributed by atoms with Crippen LogP contribution in [0, 0.1) is 11.8 Å². The summed E-state index contributed by atoms with van der Waals surface area (Å²) < 4.78 is 5.43. The van der Waals surface area contributed by atoms with E-state index in [9.17, 15) is 14.7 Å². The van der Waals surface area contributed by atoms with Gasteiger partial charge in [-0.3, -0.25) is 4.79 Å². The van der Waals surface area contributed by atoms with Crippen LogP contribution in [-0.2, 0) is 14.3 Å². The first-order valence-corrected chi connectivity index (χ1v) is 8.10.